The minimum absolute atomic E-state index is 0.144. The van der Waals surface area contributed by atoms with Crippen molar-refractivity contribution >= 4 is 40.0 Å². The molecule has 0 unspecified atom stereocenters. The molecule has 0 fully saturated rings. The largest absolute Gasteiger partial charge is 0.464 e. The Kier molecular flexibility index (Phi) is 3.63. The molecule has 0 saturated heterocycles. The minimum atomic E-state index is -0.793. The van der Waals surface area contributed by atoms with Crippen LogP contribution in [0.3, 0.4) is 0 Å². The number of carbonyl (C=O) groups excluding carboxylic acids is 2. The fraction of sp³-hybridized carbons (Fsp3) is 0.0667. The van der Waals surface area contributed by atoms with Gasteiger partial charge < -0.3 is 15.5 Å². The van der Waals surface area contributed by atoms with Crippen molar-refractivity contribution < 1.29 is 14.3 Å². The van der Waals surface area contributed by atoms with Gasteiger partial charge in [-0.25, -0.2) is 20.0 Å². The predicted octanol–water partition coefficient (Wildman–Crippen LogP) is 1.50. The van der Waals surface area contributed by atoms with Gasteiger partial charge in [0.2, 0.25) is 0 Å². The molecule has 1 aromatic carbocycles. The molecule has 0 atom stereocenters. The van der Waals surface area contributed by atoms with Crippen LogP contribution >= 0.6 is 0 Å². The number of carbonyl (C=O) groups is 2. The van der Waals surface area contributed by atoms with Crippen molar-refractivity contribution in [2.45, 2.75) is 0 Å². The normalized spacial score (nSPS) is 11.2. The molecular formula is C15H13N5O3. The van der Waals surface area contributed by atoms with Crippen molar-refractivity contribution in [2.24, 2.45) is 10.8 Å². The summed E-state index contributed by atoms with van der Waals surface area (Å²) >= 11 is 0. The van der Waals surface area contributed by atoms with Gasteiger partial charge in [-0.1, -0.05) is 18.2 Å². The topological polar surface area (TPSA) is 122 Å². The number of aromatic amines is 1. The van der Waals surface area contributed by atoms with Crippen LogP contribution < -0.4 is 11.2 Å². The molecule has 0 bridgehead atoms. The number of hydrazone groups is 1. The number of nitrogens with zero attached hydrogens (tertiary/aromatic N) is 2. The second kappa shape index (κ2) is 5.76. The minimum Gasteiger partial charge on any atom is -0.464 e. The van der Waals surface area contributed by atoms with Crippen LogP contribution in [0.2, 0.25) is 0 Å². The number of fused-ring (bicyclic) bond motifs is 3. The Balaban J connectivity index is 2.24. The third kappa shape index (κ3) is 2.69. The van der Waals surface area contributed by atoms with E-state index in [9.17, 15) is 9.59 Å². The highest BCUT2D eigenvalue weighted by Crippen LogP contribution is 2.27. The number of ether oxygens (including phenoxy) is 1. The van der Waals surface area contributed by atoms with Crippen molar-refractivity contribution in [1.29, 1.82) is 0 Å². The summed E-state index contributed by atoms with van der Waals surface area (Å²) < 4.78 is 4.73. The van der Waals surface area contributed by atoms with Gasteiger partial charge in [0.15, 0.2) is 0 Å². The summed E-state index contributed by atoms with van der Waals surface area (Å²) in [7, 11) is 1.28. The zero-order valence-electron chi connectivity index (χ0n) is 12.2. The molecular weight excluding hydrogens is 298 g/mol. The van der Waals surface area contributed by atoms with Crippen LogP contribution in [-0.4, -0.2) is 35.3 Å². The molecule has 8 heteroatoms. The van der Waals surface area contributed by atoms with Gasteiger partial charge in [0.05, 0.1) is 18.8 Å². The van der Waals surface area contributed by atoms with E-state index in [2.05, 4.69) is 20.5 Å². The van der Waals surface area contributed by atoms with E-state index in [-0.39, 0.29) is 5.69 Å². The lowest BCUT2D eigenvalue weighted by Gasteiger charge is -2.02. The molecule has 8 nitrogen and oxygen atoms in total. The van der Waals surface area contributed by atoms with E-state index in [1.54, 1.807) is 6.07 Å². The fourth-order valence-corrected chi connectivity index (χ4v) is 2.33. The van der Waals surface area contributed by atoms with E-state index in [4.69, 9.17) is 10.5 Å². The number of amides is 2. The van der Waals surface area contributed by atoms with Crippen molar-refractivity contribution in [3.63, 3.8) is 0 Å². The van der Waals surface area contributed by atoms with E-state index < -0.39 is 12.0 Å². The first-order chi connectivity index (χ1) is 11.1. The number of benzene rings is 1. The van der Waals surface area contributed by atoms with Crippen molar-refractivity contribution in [3.8, 4) is 0 Å². The molecule has 0 radical (unpaired) electrons. The number of methoxy groups -OCH3 is 1. The first-order valence-corrected chi connectivity index (χ1v) is 6.68. The Morgan fingerprint density at radius 3 is 2.87 bits per heavy atom. The molecule has 0 aliphatic carbocycles. The number of rotatable bonds is 3. The van der Waals surface area contributed by atoms with Gasteiger partial charge in [0.25, 0.3) is 0 Å². The first kappa shape index (κ1) is 14.5. The number of hydrogen-bond donors (Lipinski definition) is 3. The van der Waals surface area contributed by atoms with Crippen LogP contribution in [0, 0.1) is 0 Å². The molecule has 3 aromatic rings. The Labute approximate surface area is 130 Å². The van der Waals surface area contributed by atoms with Crippen LogP contribution in [0.1, 0.15) is 16.2 Å². The standard InChI is InChI=1S/C15H13N5O3/c1-23-14(21)11-6-9-8-4-2-3-5-10(8)19-13(9)12(18-11)7-17-20-15(16)22/h2-7,19H,1H3,(H3,16,20,22)/b17-7+. The van der Waals surface area contributed by atoms with E-state index in [1.165, 1.54) is 13.3 Å². The van der Waals surface area contributed by atoms with Gasteiger partial charge in [0.1, 0.15) is 11.4 Å². The van der Waals surface area contributed by atoms with Gasteiger partial charge in [-0.3, -0.25) is 0 Å². The van der Waals surface area contributed by atoms with E-state index in [0.29, 0.717) is 11.2 Å². The van der Waals surface area contributed by atoms with Gasteiger partial charge in [0, 0.05) is 16.3 Å². The molecule has 0 aliphatic rings. The van der Waals surface area contributed by atoms with Gasteiger partial charge >= 0.3 is 12.0 Å². The SMILES string of the molecule is COC(=O)c1cc2c([nH]c3ccccc32)c(/C=N/NC(N)=O)n1. The number of para-hydroxylation sites is 1. The fourth-order valence-electron chi connectivity index (χ4n) is 2.33. The number of hydrogen-bond acceptors (Lipinski definition) is 5. The van der Waals surface area contributed by atoms with Gasteiger partial charge in [-0.2, -0.15) is 5.10 Å². The maximum Gasteiger partial charge on any atom is 0.356 e. The Morgan fingerprint density at radius 2 is 2.13 bits per heavy atom. The van der Waals surface area contributed by atoms with Crippen LogP contribution in [0.5, 0.6) is 0 Å². The third-order valence-electron chi connectivity index (χ3n) is 3.28. The number of nitrogens with one attached hydrogen (secondary N) is 2. The van der Waals surface area contributed by atoms with Gasteiger partial charge in [-0.15, -0.1) is 0 Å². The third-order valence-corrected chi connectivity index (χ3v) is 3.28. The van der Waals surface area contributed by atoms with Gasteiger partial charge in [-0.05, 0) is 12.1 Å². The number of urea groups is 1. The monoisotopic (exact) mass is 311 g/mol. The molecule has 4 N–H and O–H groups in total. The summed E-state index contributed by atoms with van der Waals surface area (Å²) in [6.07, 6.45) is 1.31. The van der Waals surface area contributed by atoms with Crippen LogP contribution in [0.4, 0.5) is 4.79 Å². The summed E-state index contributed by atoms with van der Waals surface area (Å²) in [4.78, 5) is 30.0. The number of H-pyrrole nitrogens is 1. The average Bonchev–Trinajstić information content (AvgIpc) is 2.92. The Hall–Kier alpha value is -3.42. The molecule has 116 valence electrons. The maximum atomic E-state index is 11.8. The van der Waals surface area contributed by atoms with Crippen molar-refractivity contribution in [1.82, 2.24) is 15.4 Å². The molecule has 0 aliphatic heterocycles. The summed E-state index contributed by atoms with van der Waals surface area (Å²) in [6.45, 7) is 0. The number of esters is 1. The quantitative estimate of drug-likeness (QED) is 0.385. The zero-order valence-corrected chi connectivity index (χ0v) is 12.2. The number of aromatic nitrogens is 2. The molecule has 0 saturated carbocycles. The molecule has 23 heavy (non-hydrogen) atoms. The number of primary amides is 1. The molecule has 3 rings (SSSR count). The Morgan fingerprint density at radius 1 is 1.35 bits per heavy atom. The molecule has 0 spiro atoms. The summed E-state index contributed by atoms with van der Waals surface area (Å²) in [5.41, 5.74) is 9.16. The number of pyridine rings is 1. The van der Waals surface area contributed by atoms with Crippen LogP contribution in [-0.2, 0) is 4.74 Å². The lowest BCUT2D eigenvalue weighted by Crippen LogP contribution is -2.24. The highest BCUT2D eigenvalue weighted by atomic mass is 16.5. The summed E-state index contributed by atoms with van der Waals surface area (Å²) in [5.74, 6) is -0.560. The van der Waals surface area contributed by atoms with Crippen LogP contribution in [0.25, 0.3) is 21.8 Å². The van der Waals surface area contributed by atoms with Crippen LogP contribution in [0.15, 0.2) is 35.4 Å². The predicted molar refractivity (Wildman–Crippen MR) is 85.3 cm³/mol. The summed E-state index contributed by atoms with van der Waals surface area (Å²) in [6, 6.07) is 8.50. The second-order valence-corrected chi connectivity index (χ2v) is 4.71. The molecule has 2 heterocycles. The zero-order chi connectivity index (χ0) is 16.4. The van der Waals surface area contributed by atoms with E-state index in [0.717, 1.165) is 16.3 Å². The van der Waals surface area contributed by atoms with E-state index in [1.807, 2.05) is 24.3 Å². The summed E-state index contributed by atoms with van der Waals surface area (Å²) in [5, 5.41) is 5.44. The second-order valence-electron chi connectivity index (χ2n) is 4.71. The lowest BCUT2D eigenvalue weighted by molar-refractivity contribution is 0.0594. The lowest BCUT2D eigenvalue weighted by atomic mass is 10.1. The highest BCUT2D eigenvalue weighted by molar-refractivity contribution is 6.13. The smallest absolute Gasteiger partial charge is 0.356 e. The first-order valence-electron chi connectivity index (χ1n) is 6.68. The van der Waals surface area contributed by atoms with Crippen molar-refractivity contribution in [3.05, 3.63) is 41.7 Å². The Bertz CT molecular complexity index is 945. The molecule has 2 amide bonds. The average molecular weight is 311 g/mol. The maximum absolute atomic E-state index is 11.8. The van der Waals surface area contributed by atoms with E-state index >= 15 is 0 Å². The molecule has 2 aromatic heterocycles. The van der Waals surface area contributed by atoms with Crippen molar-refractivity contribution in [2.75, 3.05) is 7.11 Å². The highest BCUT2D eigenvalue weighted by Gasteiger charge is 2.15. The number of nitrogens with two attached hydrogens (primary N) is 1.